The Bertz CT molecular complexity index is 864. The number of fused-ring (bicyclic) bond motifs is 1. The van der Waals surface area contributed by atoms with E-state index < -0.39 is 5.91 Å². The average Bonchev–Trinajstić information content (AvgIpc) is 2.98. The Morgan fingerprint density at radius 1 is 1.24 bits per heavy atom. The number of nitrogen functional groups attached to an aromatic ring is 1. The number of nitrogens with one attached hydrogen (secondary N) is 1. The number of aromatic nitrogens is 1. The van der Waals surface area contributed by atoms with Crippen molar-refractivity contribution in [3.05, 3.63) is 70.5 Å². The van der Waals surface area contributed by atoms with E-state index in [4.69, 9.17) is 10.3 Å². The number of hydrogen-bond donors (Lipinski definition) is 2. The van der Waals surface area contributed by atoms with E-state index >= 15 is 0 Å². The fourth-order valence-corrected chi connectivity index (χ4v) is 2.26. The van der Waals surface area contributed by atoms with E-state index in [-0.39, 0.29) is 17.9 Å². The van der Waals surface area contributed by atoms with Crippen molar-refractivity contribution in [3.8, 4) is 0 Å². The van der Waals surface area contributed by atoms with E-state index in [0.29, 0.717) is 10.9 Å². The van der Waals surface area contributed by atoms with Gasteiger partial charge in [0.05, 0.1) is 12.8 Å². The number of furan rings is 1. The lowest BCUT2D eigenvalue weighted by Gasteiger charge is -2.07. The van der Waals surface area contributed by atoms with E-state index in [1.54, 1.807) is 18.3 Å². The van der Waals surface area contributed by atoms with Crippen LogP contribution in [0, 0.1) is 0 Å². The van der Waals surface area contributed by atoms with Crippen LogP contribution in [0.5, 0.6) is 0 Å². The molecule has 0 saturated carbocycles. The molecule has 3 aromatic rings. The summed E-state index contributed by atoms with van der Waals surface area (Å²) in [4.78, 5) is 24.0. The molecule has 0 aliphatic rings. The molecule has 1 aromatic carbocycles. The summed E-state index contributed by atoms with van der Waals surface area (Å²) in [5.41, 5.74) is 2.49. The third-order valence-electron chi connectivity index (χ3n) is 3.31. The second-order valence-electron chi connectivity index (χ2n) is 4.58. The van der Waals surface area contributed by atoms with Gasteiger partial charge in [-0.25, -0.2) is 5.84 Å². The Morgan fingerprint density at radius 3 is 2.86 bits per heavy atom. The Morgan fingerprint density at radius 2 is 2.05 bits per heavy atom. The first-order valence-corrected chi connectivity index (χ1v) is 6.36. The van der Waals surface area contributed by atoms with Crippen LogP contribution in [0.15, 0.2) is 58.1 Å². The molecule has 0 aliphatic heterocycles. The summed E-state index contributed by atoms with van der Waals surface area (Å²) in [5, 5.41) is 1.51. The van der Waals surface area contributed by atoms with Gasteiger partial charge in [0.2, 0.25) is 0 Å². The normalized spacial score (nSPS) is 10.7. The molecular weight excluding hydrogens is 270 g/mol. The monoisotopic (exact) mass is 283 g/mol. The summed E-state index contributed by atoms with van der Waals surface area (Å²) in [6, 6.07) is 10.9. The Kier molecular flexibility index (Phi) is 3.29. The molecule has 6 heteroatoms. The number of amides is 1. The van der Waals surface area contributed by atoms with Gasteiger partial charge in [-0.15, -0.1) is 0 Å². The predicted octanol–water partition coefficient (Wildman–Crippen LogP) is 1.25. The lowest BCUT2D eigenvalue weighted by molar-refractivity contribution is 0.0924. The van der Waals surface area contributed by atoms with Gasteiger partial charge < -0.3 is 8.98 Å². The topological polar surface area (TPSA) is 90.3 Å². The van der Waals surface area contributed by atoms with Crippen LogP contribution in [0.25, 0.3) is 10.8 Å². The third-order valence-corrected chi connectivity index (χ3v) is 3.31. The van der Waals surface area contributed by atoms with Crippen LogP contribution in [0.2, 0.25) is 0 Å². The summed E-state index contributed by atoms with van der Waals surface area (Å²) >= 11 is 0. The maximum Gasteiger partial charge on any atom is 0.301 e. The van der Waals surface area contributed by atoms with Crippen LogP contribution in [-0.2, 0) is 6.54 Å². The van der Waals surface area contributed by atoms with Crippen LogP contribution in [0.1, 0.15) is 16.1 Å². The number of nitrogens with two attached hydrogens (primary N) is 1. The van der Waals surface area contributed by atoms with Gasteiger partial charge in [-0.05, 0) is 23.6 Å². The summed E-state index contributed by atoms with van der Waals surface area (Å²) in [6.07, 6.45) is 3.09. The molecule has 0 aliphatic carbocycles. The Labute approximate surface area is 119 Å². The van der Waals surface area contributed by atoms with E-state index in [0.717, 1.165) is 5.39 Å². The molecular formula is C15H13N3O3. The molecule has 1 amide bonds. The van der Waals surface area contributed by atoms with Crippen molar-refractivity contribution in [1.29, 1.82) is 0 Å². The van der Waals surface area contributed by atoms with Gasteiger partial charge in [0, 0.05) is 17.1 Å². The molecule has 3 N–H and O–H groups in total. The maximum absolute atomic E-state index is 12.4. The highest BCUT2D eigenvalue weighted by Crippen LogP contribution is 2.13. The second-order valence-corrected chi connectivity index (χ2v) is 4.58. The average molecular weight is 283 g/mol. The highest BCUT2D eigenvalue weighted by Gasteiger charge is 2.15. The zero-order valence-electron chi connectivity index (χ0n) is 11.1. The molecule has 106 valence electrons. The van der Waals surface area contributed by atoms with Crippen molar-refractivity contribution >= 4 is 16.7 Å². The summed E-state index contributed by atoms with van der Waals surface area (Å²) < 4.78 is 6.64. The highest BCUT2D eigenvalue weighted by molar-refractivity contribution is 5.92. The lowest BCUT2D eigenvalue weighted by Crippen LogP contribution is -2.31. The fourth-order valence-electron chi connectivity index (χ4n) is 2.26. The van der Waals surface area contributed by atoms with Gasteiger partial charge in [-0.2, -0.15) is 0 Å². The van der Waals surface area contributed by atoms with Gasteiger partial charge in [0.15, 0.2) is 5.76 Å². The van der Waals surface area contributed by atoms with Crippen LogP contribution in [0.3, 0.4) is 0 Å². The van der Waals surface area contributed by atoms with Crippen molar-refractivity contribution in [1.82, 2.24) is 9.99 Å². The molecule has 21 heavy (non-hydrogen) atoms. The van der Waals surface area contributed by atoms with Crippen molar-refractivity contribution in [3.63, 3.8) is 0 Å². The lowest BCUT2D eigenvalue weighted by atomic mass is 10.1. The Hall–Kier alpha value is -2.86. The van der Waals surface area contributed by atoms with E-state index in [2.05, 4.69) is 0 Å². The number of carbonyl (C=O) groups excluding carboxylic acids is 1. The minimum atomic E-state index is -0.524. The molecule has 0 bridgehead atoms. The molecule has 0 fully saturated rings. The number of nitrogens with zero attached hydrogens (tertiary/aromatic N) is 1. The van der Waals surface area contributed by atoms with Crippen molar-refractivity contribution in [2.24, 2.45) is 5.84 Å². The SMILES string of the molecule is NNC(=O)c1occc1Cn1ccc2ccccc2c1=O. The minimum Gasteiger partial charge on any atom is -0.459 e. The van der Waals surface area contributed by atoms with Gasteiger partial charge in [-0.3, -0.25) is 15.0 Å². The molecule has 0 radical (unpaired) electrons. The van der Waals surface area contributed by atoms with E-state index in [1.807, 2.05) is 29.7 Å². The number of hydrazine groups is 1. The number of rotatable bonds is 3. The summed E-state index contributed by atoms with van der Waals surface area (Å²) in [7, 11) is 0. The number of pyridine rings is 1. The van der Waals surface area contributed by atoms with Gasteiger partial charge in [0.25, 0.3) is 5.56 Å². The zero-order valence-corrected chi connectivity index (χ0v) is 11.1. The quantitative estimate of drug-likeness (QED) is 0.430. The molecule has 3 rings (SSSR count). The van der Waals surface area contributed by atoms with Crippen LogP contribution >= 0.6 is 0 Å². The second kappa shape index (κ2) is 5.26. The van der Waals surface area contributed by atoms with Gasteiger partial charge >= 0.3 is 5.91 Å². The van der Waals surface area contributed by atoms with Gasteiger partial charge in [0.1, 0.15) is 0 Å². The van der Waals surface area contributed by atoms with E-state index in [1.165, 1.54) is 10.8 Å². The number of benzene rings is 1. The fraction of sp³-hybridized carbons (Fsp3) is 0.0667. The molecule has 6 nitrogen and oxygen atoms in total. The summed E-state index contributed by atoms with van der Waals surface area (Å²) in [6.45, 7) is 0.239. The first-order chi connectivity index (χ1) is 10.2. The third kappa shape index (κ3) is 2.32. The molecule has 0 spiro atoms. The van der Waals surface area contributed by atoms with Crippen LogP contribution in [0.4, 0.5) is 0 Å². The zero-order chi connectivity index (χ0) is 14.8. The smallest absolute Gasteiger partial charge is 0.301 e. The summed E-state index contributed by atoms with van der Waals surface area (Å²) in [5.74, 6) is 4.69. The molecule has 2 aromatic heterocycles. The largest absolute Gasteiger partial charge is 0.459 e. The standard InChI is InChI=1S/C15H13N3O3/c16-17-14(19)13-11(6-8-21-13)9-18-7-5-10-3-1-2-4-12(10)15(18)20/h1-8H,9,16H2,(H,17,19). The van der Waals surface area contributed by atoms with Crippen LogP contribution < -0.4 is 16.8 Å². The van der Waals surface area contributed by atoms with Gasteiger partial charge in [-0.1, -0.05) is 18.2 Å². The minimum absolute atomic E-state index is 0.109. The molecule has 0 unspecified atom stereocenters. The van der Waals surface area contributed by atoms with Crippen molar-refractivity contribution in [2.75, 3.05) is 0 Å². The van der Waals surface area contributed by atoms with Crippen molar-refractivity contribution < 1.29 is 9.21 Å². The maximum atomic E-state index is 12.4. The van der Waals surface area contributed by atoms with Crippen molar-refractivity contribution in [2.45, 2.75) is 6.54 Å². The highest BCUT2D eigenvalue weighted by atomic mass is 16.3. The first-order valence-electron chi connectivity index (χ1n) is 6.36. The van der Waals surface area contributed by atoms with Crippen LogP contribution in [-0.4, -0.2) is 10.5 Å². The Balaban J connectivity index is 2.03. The van der Waals surface area contributed by atoms with E-state index in [9.17, 15) is 9.59 Å². The number of carbonyl (C=O) groups is 1. The molecule has 2 heterocycles. The number of hydrogen-bond acceptors (Lipinski definition) is 4. The molecule has 0 atom stereocenters. The first kappa shape index (κ1) is 13.1. The molecule has 0 saturated heterocycles. The predicted molar refractivity (Wildman–Crippen MR) is 77.7 cm³/mol.